The van der Waals surface area contributed by atoms with E-state index < -0.39 is 0 Å². The van der Waals surface area contributed by atoms with Crippen LogP contribution in [0.15, 0.2) is 11.6 Å². The number of aliphatic hydroxyl groups is 1. The van der Waals surface area contributed by atoms with Gasteiger partial charge in [-0.15, -0.1) is 0 Å². The van der Waals surface area contributed by atoms with Gasteiger partial charge >= 0.3 is 0 Å². The van der Waals surface area contributed by atoms with Crippen molar-refractivity contribution in [3.8, 4) is 0 Å². The molecule has 2 nitrogen and oxygen atoms in total. The van der Waals surface area contributed by atoms with Crippen molar-refractivity contribution in [3.63, 3.8) is 0 Å². The van der Waals surface area contributed by atoms with Crippen molar-refractivity contribution in [1.29, 1.82) is 0 Å². The predicted octanol–water partition coefficient (Wildman–Crippen LogP) is 1.15. The number of ketones is 1. The molecule has 1 fully saturated rings. The summed E-state index contributed by atoms with van der Waals surface area (Å²) < 4.78 is 0. The van der Waals surface area contributed by atoms with E-state index in [0.29, 0.717) is 17.6 Å². The lowest BCUT2D eigenvalue weighted by atomic mass is 9.87. The van der Waals surface area contributed by atoms with Crippen molar-refractivity contribution >= 4 is 5.78 Å². The summed E-state index contributed by atoms with van der Waals surface area (Å²) >= 11 is 0. The van der Waals surface area contributed by atoms with Gasteiger partial charge in [0.1, 0.15) is 5.78 Å². The summed E-state index contributed by atoms with van der Waals surface area (Å²) in [6.07, 6.45) is 4.19. The molecule has 0 unspecified atom stereocenters. The first kappa shape index (κ1) is 7.99. The zero-order valence-electron chi connectivity index (χ0n) is 7.29. The Morgan fingerprint density at radius 3 is 2.83 bits per heavy atom. The summed E-state index contributed by atoms with van der Waals surface area (Å²) in [5.41, 5.74) is 1.16. The molecule has 1 saturated carbocycles. The first-order chi connectivity index (χ1) is 5.72. The second-order valence-electron chi connectivity index (χ2n) is 3.95. The van der Waals surface area contributed by atoms with Gasteiger partial charge in [0.2, 0.25) is 0 Å². The molecule has 1 N–H and O–H groups in total. The minimum Gasteiger partial charge on any atom is -0.392 e. The van der Waals surface area contributed by atoms with Crippen molar-refractivity contribution in [3.05, 3.63) is 11.6 Å². The van der Waals surface area contributed by atoms with Crippen molar-refractivity contribution in [2.45, 2.75) is 19.8 Å². The van der Waals surface area contributed by atoms with Crippen molar-refractivity contribution < 1.29 is 9.90 Å². The van der Waals surface area contributed by atoms with Crippen LogP contribution >= 0.6 is 0 Å². The maximum Gasteiger partial charge on any atom is 0.133 e. The molecule has 2 heteroatoms. The van der Waals surface area contributed by atoms with Crippen LogP contribution in [-0.4, -0.2) is 17.5 Å². The van der Waals surface area contributed by atoms with Crippen molar-refractivity contribution in [2.75, 3.05) is 6.61 Å². The molecule has 0 amide bonds. The standard InChI is InChI=1S/C10H14O2/c1-6(12)10-4-7-2-8(10)3-9(7)5-11/h3,7-8,10-11H,2,4-5H2,1H3/t7-,8-,10-/m1/s1. The average molecular weight is 166 g/mol. The summed E-state index contributed by atoms with van der Waals surface area (Å²) in [5.74, 6) is 1.52. The normalized spacial score (nSPS) is 38.5. The second kappa shape index (κ2) is 2.70. The van der Waals surface area contributed by atoms with Gasteiger partial charge in [0.05, 0.1) is 6.61 Å². The van der Waals surface area contributed by atoms with E-state index in [1.165, 1.54) is 0 Å². The SMILES string of the molecule is CC(=O)[C@H]1C[C@H]2C[C@@H]1C=C2CO. The number of carbonyl (C=O) groups excluding carboxylic acids is 1. The summed E-state index contributed by atoms with van der Waals surface area (Å²) in [7, 11) is 0. The highest BCUT2D eigenvalue weighted by molar-refractivity contribution is 5.79. The summed E-state index contributed by atoms with van der Waals surface area (Å²) in [4.78, 5) is 11.1. The monoisotopic (exact) mass is 166 g/mol. The van der Waals surface area contributed by atoms with E-state index in [9.17, 15) is 4.79 Å². The molecule has 2 rings (SSSR count). The molecule has 0 aromatic rings. The van der Waals surface area contributed by atoms with Gasteiger partial charge in [0.25, 0.3) is 0 Å². The number of rotatable bonds is 2. The maximum absolute atomic E-state index is 11.1. The van der Waals surface area contributed by atoms with Gasteiger partial charge in [-0.25, -0.2) is 0 Å². The third-order valence-corrected chi connectivity index (χ3v) is 3.27. The van der Waals surface area contributed by atoms with Crippen LogP contribution in [0.1, 0.15) is 19.8 Å². The van der Waals surface area contributed by atoms with Crippen molar-refractivity contribution in [2.24, 2.45) is 17.8 Å². The quantitative estimate of drug-likeness (QED) is 0.625. The maximum atomic E-state index is 11.1. The van der Waals surface area contributed by atoms with E-state index in [1.54, 1.807) is 6.92 Å². The van der Waals surface area contributed by atoms with Crippen LogP contribution in [0.25, 0.3) is 0 Å². The van der Waals surface area contributed by atoms with Crippen LogP contribution in [-0.2, 0) is 4.79 Å². The number of hydrogen-bond acceptors (Lipinski definition) is 2. The van der Waals surface area contributed by atoms with E-state index in [4.69, 9.17) is 5.11 Å². The van der Waals surface area contributed by atoms with Crippen LogP contribution in [0.5, 0.6) is 0 Å². The third-order valence-electron chi connectivity index (χ3n) is 3.27. The van der Waals surface area contributed by atoms with Gasteiger partial charge in [-0.05, 0) is 37.2 Å². The number of Topliss-reactive ketones (excluding diaryl/α,β-unsaturated/α-hetero) is 1. The molecule has 2 bridgehead atoms. The molecule has 66 valence electrons. The summed E-state index contributed by atoms with van der Waals surface area (Å²) in [6, 6.07) is 0. The first-order valence-corrected chi connectivity index (χ1v) is 4.54. The molecule has 0 radical (unpaired) electrons. The Morgan fingerprint density at radius 2 is 2.42 bits per heavy atom. The van der Waals surface area contributed by atoms with Gasteiger partial charge < -0.3 is 5.11 Å². The molecule has 3 atom stereocenters. The average Bonchev–Trinajstić information content (AvgIpc) is 2.60. The molecule has 0 aromatic heterocycles. The first-order valence-electron chi connectivity index (χ1n) is 4.54. The molecular weight excluding hydrogens is 152 g/mol. The largest absolute Gasteiger partial charge is 0.392 e. The zero-order valence-corrected chi connectivity index (χ0v) is 7.29. The second-order valence-corrected chi connectivity index (χ2v) is 3.95. The Balaban J connectivity index is 2.15. The number of hydrogen-bond donors (Lipinski definition) is 1. The number of carbonyl (C=O) groups is 1. The van der Waals surface area contributed by atoms with Crippen LogP contribution in [0.3, 0.4) is 0 Å². The van der Waals surface area contributed by atoms with Crippen LogP contribution in [0, 0.1) is 17.8 Å². The minimum atomic E-state index is 0.186. The molecule has 0 saturated heterocycles. The molecule has 0 aromatic carbocycles. The highest BCUT2D eigenvalue weighted by atomic mass is 16.3. The number of aliphatic hydroxyl groups excluding tert-OH is 1. The summed E-state index contributed by atoms with van der Waals surface area (Å²) in [5, 5.41) is 8.96. The Labute approximate surface area is 72.3 Å². The lowest BCUT2D eigenvalue weighted by Crippen LogP contribution is -2.17. The van der Waals surface area contributed by atoms with Gasteiger partial charge in [0.15, 0.2) is 0 Å². The van der Waals surface area contributed by atoms with Gasteiger partial charge in [-0.1, -0.05) is 6.08 Å². The fourth-order valence-electron chi connectivity index (χ4n) is 2.62. The molecule has 2 aliphatic carbocycles. The van der Waals surface area contributed by atoms with Crippen LogP contribution in [0.4, 0.5) is 0 Å². The predicted molar refractivity (Wildman–Crippen MR) is 45.6 cm³/mol. The minimum absolute atomic E-state index is 0.186. The molecular formula is C10H14O2. The Hall–Kier alpha value is -0.630. The van der Waals surface area contributed by atoms with Crippen LogP contribution < -0.4 is 0 Å². The van der Waals surface area contributed by atoms with E-state index in [-0.39, 0.29) is 12.5 Å². The highest BCUT2D eigenvalue weighted by Gasteiger charge is 2.41. The van der Waals surface area contributed by atoms with Gasteiger partial charge in [-0.2, -0.15) is 0 Å². The molecule has 2 aliphatic rings. The number of fused-ring (bicyclic) bond motifs is 2. The van der Waals surface area contributed by atoms with Crippen LogP contribution in [0.2, 0.25) is 0 Å². The fourth-order valence-corrected chi connectivity index (χ4v) is 2.62. The lowest BCUT2D eigenvalue weighted by molar-refractivity contribution is -0.121. The van der Waals surface area contributed by atoms with Gasteiger partial charge in [0, 0.05) is 5.92 Å². The fraction of sp³-hybridized carbons (Fsp3) is 0.700. The van der Waals surface area contributed by atoms with E-state index in [1.807, 2.05) is 0 Å². The van der Waals surface area contributed by atoms with Gasteiger partial charge in [-0.3, -0.25) is 4.79 Å². The van der Waals surface area contributed by atoms with E-state index >= 15 is 0 Å². The molecule has 0 spiro atoms. The smallest absolute Gasteiger partial charge is 0.133 e. The molecule has 0 heterocycles. The Morgan fingerprint density at radius 1 is 1.67 bits per heavy atom. The number of allylic oxidation sites excluding steroid dienone is 1. The highest BCUT2D eigenvalue weighted by Crippen LogP contribution is 2.47. The van der Waals surface area contributed by atoms with E-state index in [2.05, 4.69) is 6.08 Å². The third kappa shape index (κ3) is 1.02. The molecule has 12 heavy (non-hydrogen) atoms. The Bertz CT molecular complexity index is 242. The topological polar surface area (TPSA) is 37.3 Å². The molecule has 0 aliphatic heterocycles. The Kier molecular flexibility index (Phi) is 1.80. The van der Waals surface area contributed by atoms with Crippen molar-refractivity contribution in [1.82, 2.24) is 0 Å². The zero-order chi connectivity index (χ0) is 8.72. The summed E-state index contributed by atoms with van der Waals surface area (Å²) in [6.45, 7) is 1.86. The van der Waals surface area contributed by atoms with E-state index in [0.717, 1.165) is 18.4 Å². The lowest BCUT2D eigenvalue weighted by Gasteiger charge is -2.17.